The molecule has 0 saturated carbocycles. The number of halogens is 2. The van der Waals surface area contributed by atoms with E-state index in [0.29, 0.717) is 32.4 Å². The maximum atomic E-state index is 13.9. The number of likely N-dealkylation sites (N-methyl/N-ethyl adjacent to an activating group) is 1. The van der Waals surface area contributed by atoms with Crippen LogP contribution in [0.2, 0.25) is 0 Å². The topological polar surface area (TPSA) is 57.7 Å². The lowest BCUT2D eigenvalue weighted by Gasteiger charge is -2.33. The van der Waals surface area contributed by atoms with Crippen LogP contribution >= 0.6 is 0 Å². The Morgan fingerprint density at radius 3 is 2.84 bits per heavy atom. The number of nitrogens with one attached hydrogen (secondary N) is 1. The molecule has 0 bridgehead atoms. The molecule has 3 rings (SSSR count). The SMILES string of the molecule is CN(C1CCN(C(=O)OC(C)(C)C)C1)[C@H](CCCCc1ccc2c(n1)NCCC2)C(F)F. The molecule has 3 heterocycles. The van der Waals surface area contributed by atoms with Gasteiger partial charge >= 0.3 is 6.09 Å². The number of anilines is 1. The third kappa shape index (κ3) is 6.77. The van der Waals surface area contributed by atoms with Crippen molar-refractivity contribution in [2.75, 3.05) is 32.0 Å². The lowest BCUT2D eigenvalue weighted by Crippen LogP contribution is -2.46. The second-order valence-corrected chi connectivity index (χ2v) is 10.0. The minimum atomic E-state index is -2.42. The number of ether oxygens (including phenoxy) is 1. The third-order valence-electron chi connectivity index (χ3n) is 6.34. The largest absolute Gasteiger partial charge is 0.444 e. The van der Waals surface area contributed by atoms with Crippen LogP contribution in [0.3, 0.4) is 0 Å². The third-order valence-corrected chi connectivity index (χ3v) is 6.34. The van der Waals surface area contributed by atoms with Crippen LogP contribution in [0.25, 0.3) is 0 Å². The molecule has 1 aromatic heterocycles. The zero-order valence-electron chi connectivity index (χ0n) is 19.9. The van der Waals surface area contributed by atoms with Crippen molar-refractivity contribution in [1.29, 1.82) is 0 Å². The van der Waals surface area contributed by atoms with Crippen LogP contribution < -0.4 is 5.32 Å². The molecule has 1 aromatic rings. The minimum Gasteiger partial charge on any atom is -0.444 e. The lowest BCUT2D eigenvalue weighted by atomic mass is 10.0. The van der Waals surface area contributed by atoms with Crippen molar-refractivity contribution in [3.8, 4) is 0 Å². The first-order chi connectivity index (χ1) is 15.1. The molecule has 2 atom stereocenters. The van der Waals surface area contributed by atoms with Crippen LogP contribution in [-0.2, 0) is 17.6 Å². The Kier molecular flexibility index (Phi) is 8.31. The van der Waals surface area contributed by atoms with E-state index in [1.54, 1.807) is 16.8 Å². The number of amides is 1. The van der Waals surface area contributed by atoms with Gasteiger partial charge in [0.05, 0.1) is 6.04 Å². The summed E-state index contributed by atoms with van der Waals surface area (Å²) in [5.41, 5.74) is 1.72. The van der Waals surface area contributed by atoms with Gasteiger partial charge < -0.3 is 15.0 Å². The van der Waals surface area contributed by atoms with Gasteiger partial charge in [0.15, 0.2) is 0 Å². The number of alkyl halides is 2. The van der Waals surface area contributed by atoms with Crippen molar-refractivity contribution in [3.63, 3.8) is 0 Å². The van der Waals surface area contributed by atoms with Crippen LogP contribution in [-0.4, -0.2) is 71.7 Å². The van der Waals surface area contributed by atoms with E-state index in [1.165, 1.54) is 5.56 Å². The summed E-state index contributed by atoms with van der Waals surface area (Å²) >= 11 is 0. The molecule has 0 aliphatic carbocycles. The summed E-state index contributed by atoms with van der Waals surface area (Å²) in [4.78, 5) is 20.4. The smallest absolute Gasteiger partial charge is 0.410 e. The standard InChI is InChI=1S/C24H38F2N4O2/c1-24(2,3)32-23(31)30-15-13-19(16-30)29(4)20(21(25)26)10-6-5-9-18-12-11-17-8-7-14-27-22(17)28-18/h11-12,19-21H,5-10,13-16H2,1-4H3,(H,27,28)/t19?,20-/m1/s1. The summed E-state index contributed by atoms with van der Waals surface area (Å²) in [5, 5.41) is 3.34. The highest BCUT2D eigenvalue weighted by molar-refractivity contribution is 5.68. The van der Waals surface area contributed by atoms with E-state index in [2.05, 4.69) is 17.4 Å². The van der Waals surface area contributed by atoms with Gasteiger partial charge in [-0.1, -0.05) is 12.5 Å². The summed E-state index contributed by atoms with van der Waals surface area (Å²) in [7, 11) is 1.76. The summed E-state index contributed by atoms with van der Waals surface area (Å²) < 4.78 is 33.1. The number of fused-ring (bicyclic) bond motifs is 1. The zero-order chi connectivity index (χ0) is 23.3. The van der Waals surface area contributed by atoms with E-state index >= 15 is 0 Å². The van der Waals surface area contributed by atoms with E-state index in [-0.39, 0.29) is 12.1 Å². The van der Waals surface area contributed by atoms with E-state index in [4.69, 9.17) is 9.72 Å². The molecule has 1 N–H and O–H groups in total. The molecular weight excluding hydrogens is 414 g/mol. The molecule has 0 aromatic carbocycles. The van der Waals surface area contributed by atoms with E-state index < -0.39 is 18.1 Å². The minimum absolute atomic E-state index is 0.0742. The number of carbonyl (C=O) groups excluding carboxylic acids is 1. The zero-order valence-corrected chi connectivity index (χ0v) is 19.9. The summed E-state index contributed by atoms with van der Waals surface area (Å²) in [5.74, 6) is 0.981. The fourth-order valence-electron chi connectivity index (χ4n) is 4.51. The Labute approximate surface area is 190 Å². The quantitative estimate of drug-likeness (QED) is 0.578. The fraction of sp³-hybridized carbons (Fsp3) is 0.750. The summed E-state index contributed by atoms with van der Waals surface area (Å²) in [6.45, 7) is 7.41. The molecule has 1 fully saturated rings. The second kappa shape index (κ2) is 10.8. The molecule has 1 amide bonds. The van der Waals surface area contributed by atoms with Gasteiger partial charge in [0.25, 0.3) is 6.43 Å². The number of nitrogens with zero attached hydrogens (tertiary/aromatic N) is 3. The second-order valence-electron chi connectivity index (χ2n) is 10.0. The first kappa shape index (κ1) is 24.7. The van der Waals surface area contributed by atoms with Gasteiger partial charge in [0, 0.05) is 31.4 Å². The Balaban J connectivity index is 1.46. The van der Waals surface area contributed by atoms with Crippen molar-refractivity contribution >= 4 is 11.9 Å². The number of unbranched alkanes of at least 4 members (excludes halogenated alkanes) is 1. The monoisotopic (exact) mass is 452 g/mol. The van der Waals surface area contributed by atoms with Crippen molar-refractivity contribution < 1.29 is 18.3 Å². The number of hydrogen-bond acceptors (Lipinski definition) is 5. The number of rotatable bonds is 8. The van der Waals surface area contributed by atoms with Crippen LogP contribution in [0.1, 0.15) is 64.1 Å². The Morgan fingerprint density at radius 1 is 1.34 bits per heavy atom. The first-order valence-electron chi connectivity index (χ1n) is 11.8. The van der Waals surface area contributed by atoms with E-state index in [1.807, 2.05) is 20.8 Å². The molecule has 8 heteroatoms. The molecule has 0 spiro atoms. The van der Waals surface area contributed by atoms with Crippen molar-refractivity contribution in [3.05, 3.63) is 23.4 Å². The maximum Gasteiger partial charge on any atom is 0.410 e. The number of pyridine rings is 1. The van der Waals surface area contributed by atoms with Gasteiger partial charge in [0.1, 0.15) is 11.4 Å². The van der Waals surface area contributed by atoms with Gasteiger partial charge in [-0.05, 0) is 78.0 Å². The molecule has 2 aliphatic heterocycles. The fourth-order valence-corrected chi connectivity index (χ4v) is 4.51. The number of aromatic nitrogens is 1. The average Bonchev–Trinajstić information content (AvgIpc) is 3.22. The van der Waals surface area contributed by atoms with Crippen molar-refractivity contribution in [2.45, 2.75) is 89.8 Å². The maximum absolute atomic E-state index is 13.9. The van der Waals surface area contributed by atoms with Gasteiger partial charge in [0.2, 0.25) is 0 Å². The highest BCUT2D eigenvalue weighted by Crippen LogP contribution is 2.25. The molecule has 0 radical (unpaired) electrons. The number of carbonyl (C=O) groups is 1. The lowest BCUT2D eigenvalue weighted by molar-refractivity contribution is 0.00975. The van der Waals surface area contributed by atoms with Crippen LogP contribution in [0.5, 0.6) is 0 Å². The predicted octanol–water partition coefficient (Wildman–Crippen LogP) is 4.73. The van der Waals surface area contributed by atoms with Gasteiger partial charge in [-0.15, -0.1) is 0 Å². The molecule has 1 unspecified atom stereocenters. The van der Waals surface area contributed by atoms with Gasteiger partial charge in [-0.3, -0.25) is 4.90 Å². The van der Waals surface area contributed by atoms with E-state index in [0.717, 1.165) is 43.7 Å². The highest BCUT2D eigenvalue weighted by Gasteiger charge is 2.36. The normalized spacial score (nSPS) is 19.8. The van der Waals surface area contributed by atoms with Crippen molar-refractivity contribution in [1.82, 2.24) is 14.8 Å². The number of aryl methyl sites for hydroxylation is 2. The van der Waals surface area contributed by atoms with Crippen LogP contribution in [0.15, 0.2) is 12.1 Å². The Morgan fingerprint density at radius 2 is 2.12 bits per heavy atom. The van der Waals surface area contributed by atoms with Crippen LogP contribution in [0.4, 0.5) is 19.4 Å². The molecule has 180 valence electrons. The number of hydrogen-bond donors (Lipinski definition) is 1. The average molecular weight is 453 g/mol. The Bertz CT molecular complexity index is 769. The van der Waals surface area contributed by atoms with Crippen molar-refractivity contribution in [2.24, 2.45) is 0 Å². The predicted molar refractivity (Wildman–Crippen MR) is 122 cm³/mol. The molecule has 6 nitrogen and oxygen atoms in total. The van der Waals surface area contributed by atoms with Gasteiger partial charge in [-0.2, -0.15) is 0 Å². The molecule has 2 aliphatic rings. The molecule has 1 saturated heterocycles. The van der Waals surface area contributed by atoms with Crippen LogP contribution in [0, 0.1) is 0 Å². The first-order valence-corrected chi connectivity index (χ1v) is 11.8. The number of likely N-dealkylation sites (tertiary alicyclic amines) is 1. The summed E-state index contributed by atoms with van der Waals surface area (Å²) in [6.07, 6.45) is 2.87. The molecule has 32 heavy (non-hydrogen) atoms. The molecular formula is C24H38F2N4O2. The van der Waals surface area contributed by atoms with Gasteiger partial charge in [-0.25, -0.2) is 18.6 Å². The summed E-state index contributed by atoms with van der Waals surface area (Å²) in [6, 6.07) is 3.31. The Hall–Kier alpha value is -1.96. The highest BCUT2D eigenvalue weighted by atomic mass is 19.3. The van der Waals surface area contributed by atoms with E-state index in [9.17, 15) is 13.6 Å².